The average molecular weight is 479 g/mol. The van der Waals surface area contributed by atoms with Crippen LogP contribution in [0.1, 0.15) is 49.9 Å². The van der Waals surface area contributed by atoms with Crippen LogP contribution in [0.15, 0.2) is 48.0 Å². The molecule has 2 heterocycles. The minimum Gasteiger partial charge on any atom is -0.507 e. The van der Waals surface area contributed by atoms with E-state index in [1.807, 2.05) is 43.3 Å². The Balaban J connectivity index is 1.75. The molecule has 0 spiro atoms. The molecule has 0 aliphatic carbocycles. The molecule has 0 unspecified atom stereocenters. The van der Waals surface area contributed by atoms with E-state index < -0.39 is 17.7 Å². The van der Waals surface area contributed by atoms with E-state index in [2.05, 4.69) is 18.7 Å². The van der Waals surface area contributed by atoms with E-state index in [0.29, 0.717) is 17.9 Å². The van der Waals surface area contributed by atoms with E-state index in [4.69, 9.17) is 9.47 Å². The predicted octanol–water partition coefficient (Wildman–Crippen LogP) is 4.17. The number of Topliss-reactive ketones (excluding diaryl/α,β-unsaturated/α-hetero) is 1. The molecule has 1 saturated heterocycles. The predicted molar refractivity (Wildman–Crippen MR) is 135 cm³/mol. The van der Waals surface area contributed by atoms with Gasteiger partial charge in [-0.25, -0.2) is 0 Å². The third-order valence-electron chi connectivity index (χ3n) is 6.89. The highest BCUT2D eigenvalue weighted by atomic mass is 16.5. The molecule has 0 aromatic heterocycles. The number of carbonyl (C=O) groups excluding carboxylic acids is 2. The standard InChI is InChI=1S/C28H34N2O5/c1-5-29(6-2)13-8-14-30-25(19-9-7-10-22(17-19)34-4)24(27(32)28(30)33)26(31)20-11-12-23-21(16-20)15-18(3)35-23/h7,9-12,16-18,25,31H,5-6,8,13-15H2,1-4H3/b26-24+/t18-,25+/m0/s1. The summed E-state index contributed by atoms with van der Waals surface area (Å²) in [4.78, 5) is 30.4. The van der Waals surface area contributed by atoms with Crippen LogP contribution in [0.4, 0.5) is 0 Å². The number of rotatable bonds is 9. The first kappa shape index (κ1) is 24.8. The van der Waals surface area contributed by atoms with Crippen LogP contribution in [0.2, 0.25) is 0 Å². The molecule has 186 valence electrons. The Morgan fingerprint density at radius 1 is 1.17 bits per heavy atom. The van der Waals surface area contributed by atoms with Crippen molar-refractivity contribution in [2.45, 2.75) is 45.8 Å². The number of methoxy groups -OCH3 is 1. The van der Waals surface area contributed by atoms with E-state index in [-0.39, 0.29) is 17.4 Å². The fourth-order valence-electron chi connectivity index (χ4n) is 5.00. The van der Waals surface area contributed by atoms with Crippen molar-refractivity contribution < 1.29 is 24.2 Å². The number of benzene rings is 2. The number of likely N-dealkylation sites (tertiary alicyclic amines) is 1. The van der Waals surface area contributed by atoms with E-state index in [0.717, 1.165) is 49.4 Å². The van der Waals surface area contributed by atoms with Crippen LogP contribution in [0, 0.1) is 0 Å². The molecule has 1 N–H and O–H groups in total. The molecule has 2 aliphatic rings. The normalized spacial score (nSPS) is 20.9. The average Bonchev–Trinajstić information content (AvgIpc) is 3.37. The minimum absolute atomic E-state index is 0.0653. The Bertz CT molecular complexity index is 1140. The van der Waals surface area contributed by atoms with E-state index in [1.54, 1.807) is 18.1 Å². The van der Waals surface area contributed by atoms with Crippen molar-refractivity contribution in [2.75, 3.05) is 33.3 Å². The number of fused-ring (bicyclic) bond motifs is 1. The summed E-state index contributed by atoms with van der Waals surface area (Å²) in [6.07, 6.45) is 1.52. The number of hydrogen-bond donors (Lipinski definition) is 1. The third kappa shape index (κ3) is 4.91. The molecule has 1 amide bonds. The zero-order valence-electron chi connectivity index (χ0n) is 20.9. The second-order valence-electron chi connectivity index (χ2n) is 9.10. The first-order valence-electron chi connectivity index (χ1n) is 12.3. The minimum atomic E-state index is -0.690. The van der Waals surface area contributed by atoms with Crippen LogP contribution < -0.4 is 9.47 Å². The lowest BCUT2D eigenvalue weighted by molar-refractivity contribution is -0.140. The molecule has 0 bridgehead atoms. The Morgan fingerprint density at radius 2 is 1.94 bits per heavy atom. The number of amides is 1. The first-order valence-corrected chi connectivity index (χ1v) is 12.3. The highest BCUT2D eigenvalue weighted by molar-refractivity contribution is 6.46. The fraction of sp³-hybridized carbons (Fsp3) is 0.429. The number of ether oxygens (including phenoxy) is 2. The van der Waals surface area contributed by atoms with Crippen LogP contribution in [0.25, 0.3) is 5.76 Å². The molecule has 7 nitrogen and oxygen atoms in total. The summed E-state index contributed by atoms with van der Waals surface area (Å²) in [6.45, 7) is 9.29. The molecule has 2 aliphatic heterocycles. The van der Waals surface area contributed by atoms with E-state index in [1.165, 1.54) is 0 Å². The van der Waals surface area contributed by atoms with Gasteiger partial charge in [0, 0.05) is 18.5 Å². The van der Waals surface area contributed by atoms with Gasteiger partial charge in [0.2, 0.25) is 0 Å². The summed E-state index contributed by atoms with van der Waals surface area (Å²) in [5.41, 5.74) is 2.33. The van der Waals surface area contributed by atoms with Crippen LogP contribution in [0.5, 0.6) is 11.5 Å². The molecule has 0 saturated carbocycles. The first-order chi connectivity index (χ1) is 16.9. The number of ketones is 1. The summed E-state index contributed by atoms with van der Waals surface area (Å²) in [5.74, 6) is 0.000203. The van der Waals surface area contributed by atoms with Crippen molar-refractivity contribution in [3.05, 3.63) is 64.7 Å². The smallest absolute Gasteiger partial charge is 0.295 e. The van der Waals surface area contributed by atoms with Crippen molar-refractivity contribution in [2.24, 2.45) is 0 Å². The lowest BCUT2D eigenvalue weighted by Crippen LogP contribution is -2.33. The van der Waals surface area contributed by atoms with Crippen LogP contribution in [0.3, 0.4) is 0 Å². The monoisotopic (exact) mass is 478 g/mol. The number of aliphatic hydroxyl groups is 1. The zero-order valence-corrected chi connectivity index (χ0v) is 20.9. The zero-order chi connectivity index (χ0) is 25.1. The number of nitrogens with zero attached hydrogens (tertiary/aromatic N) is 2. The summed E-state index contributed by atoms with van der Waals surface area (Å²) in [7, 11) is 1.58. The Morgan fingerprint density at radius 3 is 2.66 bits per heavy atom. The van der Waals surface area contributed by atoms with Gasteiger partial charge in [0.1, 0.15) is 23.4 Å². The van der Waals surface area contributed by atoms with E-state index in [9.17, 15) is 14.7 Å². The number of aliphatic hydroxyl groups excluding tert-OH is 1. The molecular formula is C28H34N2O5. The molecule has 0 radical (unpaired) electrons. The molecule has 2 aromatic rings. The van der Waals surface area contributed by atoms with Crippen molar-refractivity contribution in [3.63, 3.8) is 0 Å². The summed E-state index contributed by atoms with van der Waals surface area (Å²) in [5, 5.41) is 11.4. The maximum atomic E-state index is 13.3. The molecule has 2 atom stereocenters. The second-order valence-corrected chi connectivity index (χ2v) is 9.10. The maximum Gasteiger partial charge on any atom is 0.295 e. The van der Waals surface area contributed by atoms with Crippen molar-refractivity contribution in [1.29, 1.82) is 0 Å². The Kier molecular flexibility index (Phi) is 7.45. The van der Waals surface area contributed by atoms with Gasteiger partial charge in [-0.15, -0.1) is 0 Å². The summed E-state index contributed by atoms with van der Waals surface area (Å²) in [6, 6.07) is 12.0. The molecule has 1 fully saturated rings. The lowest BCUT2D eigenvalue weighted by Gasteiger charge is -2.27. The van der Waals surface area contributed by atoms with Gasteiger partial charge in [-0.05, 0) is 74.4 Å². The Labute approximate surface area is 206 Å². The molecule has 7 heteroatoms. The van der Waals surface area contributed by atoms with Gasteiger partial charge in [-0.2, -0.15) is 0 Å². The molecule has 4 rings (SSSR count). The Hall–Kier alpha value is -3.32. The van der Waals surface area contributed by atoms with Crippen molar-refractivity contribution in [1.82, 2.24) is 9.80 Å². The van der Waals surface area contributed by atoms with Crippen LogP contribution >= 0.6 is 0 Å². The second kappa shape index (κ2) is 10.5. The molecule has 35 heavy (non-hydrogen) atoms. The fourth-order valence-corrected chi connectivity index (χ4v) is 5.00. The molecule has 2 aromatic carbocycles. The quantitative estimate of drug-likeness (QED) is 0.331. The van der Waals surface area contributed by atoms with Gasteiger partial charge < -0.3 is 24.4 Å². The van der Waals surface area contributed by atoms with Gasteiger partial charge in [-0.3, -0.25) is 9.59 Å². The lowest BCUT2D eigenvalue weighted by atomic mass is 9.94. The van der Waals surface area contributed by atoms with Gasteiger partial charge in [0.05, 0.1) is 18.7 Å². The highest BCUT2D eigenvalue weighted by Gasteiger charge is 2.46. The van der Waals surface area contributed by atoms with Gasteiger partial charge in [0.15, 0.2) is 0 Å². The SMILES string of the molecule is CCN(CC)CCCN1C(=O)C(=O)/C(=C(/O)c2ccc3c(c2)C[C@H](C)O3)[C@H]1c1cccc(OC)c1. The largest absolute Gasteiger partial charge is 0.507 e. The highest BCUT2D eigenvalue weighted by Crippen LogP contribution is 2.41. The topological polar surface area (TPSA) is 79.3 Å². The van der Waals surface area contributed by atoms with Crippen LogP contribution in [-0.4, -0.2) is 66.0 Å². The summed E-state index contributed by atoms with van der Waals surface area (Å²) < 4.78 is 11.2. The van der Waals surface area contributed by atoms with Gasteiger partial charge in [-0.1, -0.05) is 26.0 Å². The maximum absolute atomic E-state index is 13.3. The van der Waals surface area contributed by atoms with Gasteiger partial charge in [0.25, 0.3) is 11.7 Å². The van der Waals surface area contributed by atoms with Gasteiger partial charge >= 0.3 is 0 Å². The van der Waals surface area contributed by atoms with Crippen molar-refractivity contribution in [3.8, 4) is 11.5 Å². The van der Waals surface area contributed by atoms with E-state index >= 15 is 0 Å². The third-order valence-corrected chi connectivity index (χ3v) is 6.89. The molecular weight excluding hydrogens is 444 g/mol. The summed E-state index contributed by atoms with van der Waals surface area (Å²) >= 11 is 0. The number of hydrogen-bond acceptors (Lipinski definition) is 6. The number of carbonyl (C=O) groups is 2. The van der Waals surface area contributed by atoms with Crippen LogP contribution in [-0.2, 0) is 16.0 Å². The van der Waals surface area contributed by atoms with Crippen molar-refractivity contribution >= 4 is 17.4 Å².